The number of carbonyl (C=O) groups is 1. The second-order valence-electron chi connectivity index (χ2n) is 2.96. The molecule has 0 aromatic heterocycles. The van der Waals surface area contributed by atoms with Crippen LogP contribution in [0.15, 0.2) is 0 Å². The lowest BCUT2D eigenvalue weighted by atomic mass is 9.67. The van der Waals surface area contributed by atoms with Gasteiger partial charge in [0.1, 0.15) is 5.78 Å². The Balaban J connectivity index is 2.66. The van der Waals surface area contributed by atoms with Crippen LogP contribution in [0.1, 0.15) is 20.3 Å². The van der Waals surface area contributed by atoms with E-state index in [1.807, 2.05) is 13.8 Å². The van der Waals surface area contributed by atoms with Gasteiger partial charge in [-0.2, -0.15) is 0 Å². The van der Waals surface area contributed by atoms with Crippen LogP contribution >= 0.6 is 0 Å². The second kappa shape index (κ2) is 1.32. The first-order chi connectivity index (χ1) is 3.55. The zero-order valence-corrected chi connectivity index (χ0v) is 5.27. The van der Waals surface area contributed by atoms with E-state index in [-0.39, 0.29) is 11.5 Å². The summed E-state index contributed by atoms with van der Waals surface area (Å²) in [5, 5.41) is 0. The van der Waals surface area contributed by atoms with Crippen LogP contribution in [0, 0.1) is 5.41 Å². The Morgan fingerprint density at radius 2 is 2.25 bits per heavy atom. The average Bonchev–Trinajstić information content (AvgIpc) is 1.68. The molecule has 0 aromatic rings. The highest BCUT2D eigenvalue weighted by atomic mass is 16.1. The lowest BCUT2D eigenvalue weighted by molar-refractivity contribution is -0.137. The smallest absolute Gasteiger partial charge is 0.141 e. The fraction of sp³-hybridized carbons (Fsp3) is 0.833. The van der Waals surface area contributed by atoms with Gasteiger partial charge in [-0.3, -0.25) is 4.79 Å². The second-order valence-corrected chi connectivity index (χ2v) is 2.96. The first kappa shape index (κ1) is 5.76. The van der Waals surface area contributed by atoms with E-state index in [0.717, 1.165) is 0 Å². The van der Waals surface area contributed by atoms with Crippen LogP contribution in [-0.2, 0) is 4.79 Å². The predicted octanol–water partition coefficient (Wildman–Crippen LogP) is 0.313. The minimum absolute atomic E-state index is 0.106. The van der Waals surface area contributed by atoms with Crippen molar-refractivity contribution in [3.05, 3.63) is 0 Å². The molecule has 46 valence electrons. The minimum Gasteiger partial charge on any atom is -0.326 e. The molecule has 0 saturated heterocycles. The Labute approximate surface area is 49.1 Å². The number of Topliss-reactive ketones (excluding diaryl/α,β-unsaturated/α-hetero) is 1. The molecule has 1 aliphatic carbocycles. The third-order valence-corrected chi connectivity index (χ3v) is 2.05. The van der Waals surface area contributed by atoms with Crippen LogP contribution in [0.25, 0.3) is 0 Å². The fourth-order valence-electron chi connectivity index (χ4n) is 0.794. The third kappa shape index (κ3) is 0.494. The van der Waals surface area contributed by atoms with Crippen molar-refractivity contribution >= 4 is 5.78 Å². The zero-order chi connectivity index (χ0) is 6.36. The van der Waals surface area contributed by atoms with Crippen molar-refractivity contribution in [3.63, 3.8) is 0 Å². The predicted molar refractivity (Wildman–Crippen MR) is 31.4 cm³/mol. The summed E-state index contributed by atoms with van der Waals surface area (Å²) in [6.07, 6.45) is 0.576. The molecule has 1 rings (SSSR count). The van der Waals surface area contributed by atoms with Crippen LogP contribution in [-0.4, -0.2) is 11.8 Å². The Hall–Kier alpha value is -0.370. The molecule has 1 fully saturated rings. The molecule has 0 spiro atoms. The van der Waals surface area contributed by atoms with Gasteiger partial charge in [0, 0.05) is 17.9 Å². The topological polar surface area (TPSA) is 43.1 Å². The van der Waals surface area contributed by atoms with Gasteiger partial charge >= 0.3 is 0 Å². The Morgan fingerprint density at radius 3 is 2.25 bits per heavy atom. The number of nitrogens with two attached hydrogens (primary N) is 1. The number of carbonyl (C=O) groups excluding carboxylic acids is 1. The van der Waals surface area contributed by atoms with Gasteiger partial charge in [-0.1, -0.05) is 13.8 Å². The summed E-state index contributed by atoms with van der Waals surface area (Å²) in [4.78, 5) is 10.7. The third-order valence-electron chi connectivity index (χ3n) is 2.05. The minimum atomic E-state index is -0.222. The van der Waals surface area contributed by atoms with Crippen molar-refractivity contribution in [2.24, 2.45) is 11.1 Å². The standard InChI is InChI=1S/C6H11NO/c1-6(2)4(7)3-5(6)8/h4H,3,7H2,1-2H3. The van der Waals surface area contributed by atoms with Gasteiger partial charge in [-0.05, 0) is 0 Å². The van der Waals surface area contributed by atoms with Gasteiger partial charge in [-0.25, -0.2) is 0 Å². The molecule has 8 heavy (non-hydrogen) atoms. The van der Waals surface area contributed by atoms with Crippen molar-refractivity contribution in [2.45, 2.75) is 26.3 Å². The molecule has 0 radical (unpaired) electrons. The fourth-order valence-corrected chi connectivity index (χ4v) is 0.794. The lowest BCUT2D eigenvalue weighted by Gasteiger charge is -2.39. The van der Waals surface area contributed by atoms with Crippen LogP contribution < -0.4 is 5.73 Å². The van der Waals surface area contributed by atoms with E-state index in [2.05, 4.69) is 0 Å². The van der Waals surface area contributed by atoms with E-state index in [0.29, 0.717) is 12.2 Å². The van der Waals surface area contributed by atoms with Gasteiger partial charge in [-0.15, -0.1) is 0 Å². The van der Waals surface area contributed by atoms with Crippen LogP contribution in [0.5, 0.6) is 0 Å². The molecule has 2 nitrogen and oxygen atoms in total. The molecule has 0 bridgehead atoms. The van der Waals surface area contributed by atoms with E-state index in [4.69, 9.17) is 5.73 Å². The molecule has 0 amide bonds. The van der Waals surface area contributed by atoms with Gasteiger partial charge in [0.25, 0.3) is 0 Å². The van der Waals surface area contributed by atoms with Crippen LogP contribution in [0.4, 0.5) is 0 Å². The van der Waals surface area contributed by atoms with Gasteiger partial charge in [0.2, 0.25) is 0 Å². The molecule has 2 N–H and O–H groups in total. The highest BCUT2D eigenvalue weighted by Crippen LogP contribution is 2.34. The summed E-state index contributed by atoms with van der Waals surface area (Å²) in [5.74, 6) is 0.296. The van der Waals surface area contributed by atoms with E-state index < -0.39 is 0 Å². The SMILES string of the molecule is CC1(C)C(=O)CC1N. The van der Waals surface area contributed by atoms with Crippen molar-refractivity contribution in [3.8, 4) is 0 Å². The molecule has 0 aromatic carbocycles. The first-order valence-electron chi connectivity index (χ1n) is 2.84. The largest absolute Gasteiger partial charge is 0.326 e. The van der Waals surface area contributed by atoms with E-state index in [1.165, 1.54) is 0 Å². The van der Waals surface area contributed by atoms with Crippen molar-refractivity contribution < 1.29 is 4.79 Å². The summed E-state index contributed by atoms with van der Waals surface area (Å²) in [6, 6.07) is 0.106. The van der Waals surface area contributed by atoms with Gasteiger partial charge < -0.3 is 5.73 Å². The number of ketones is 1. The summed E-state index contributed by atoms with van der Waals surface area (Å²) in [5.41, 5.74) is 5.30. The summed E-state index contributed by atoms with van der Waals surface area (Å²) in [7, 11) is 0. The highest BCUT2D eigenvalue weighted by Gasteiger charge is 2.44. The van der Waals surface area contributed by atoms with Crippen LogP contribution in [0.3, 0.4) is 0 Å². The summed E-state index contributed by atoms with van der Waals surface area (Å²) >= 11 is 0. The van der Waals surface area contributed by atoms with E-state index >= 15 is 0 Å². The molecule has 1 atom stereocenters. The molecule has 1 aliphatic rings. The van der Waals surface area contributed by atoms with Crippen molar-refractivity contribution in [1.82, 2.24) is 0 Å². The van der Waals surface area contributed by atoms with Crippen LogP contribution in [0.2, 0.25) is 0 Å². The molecular formula is C6H11NO. The molecule has 1 saturated carbocycles. The number of rotatable bonds is 0. The van der Waals surface area contributed by atoms with Gasteiger partial charge in [0.05, 0.1) is 0 Å². The molecular weight excluding hydrogens is 102 g/mol. The molecule has 2 heteroatoms. The quantitative estimate of drug-likeness (QED) is 0.491. The maximum Gasteiger partial charge on any atom is 0.141 e. The van der Waals surface area contributed by atoms with E-state index in [9.17, 15) is 4.79 Å². The van der Waals surface area contributed by atoms with E-state index in [1.54, 1.807) is 0 Å². The lowest BCUT2D eigenvalue weighted by Crippen LogP contribution is -2.54. The van der Waals surface area contributed by atoms with Gasteiger partial charge in [0.15, 0.2) is 0 Å². The Kier molecular flexibility index (Phi) is 0.949. The molecule has 1 unspecified atom stereocenters. The Morgan fingerprint density at radius 1 is 1.75 bits per heavy atom. The summed E-state index contributed by atoms with van der Waals surface area (Å²) < 4.78 is 0. The maximum atomic E-state index is 10.7. The van der Waals surface area contributed by atoms with Crippen molar-refractivity contribution in [2.75, 3.05) is 0 Å². The molecule has 0 heterocycles. The highest BCUT2D eigenvalue weighted by molar-refractivity contribution is 5.91. The number of hydrogen-bond donors (Lipinski definition) is 1. The summed E-state index contributed by atoms with van der Waals surface area (Å²) in [6.45, 7) is 3.78. The Bertz CT molecular complexity index is 128. The number of hydrogen-bond acceptors (Lipinski definition) is 2. The van der Waals surface area contributed by atoms with Crippen molar-refractivity contribution in [1.29, 1.82) is 0 Å². The molecule has 0 aliphatic heterocycles. The zero-order valence-electron chi connectivity index (χ0n) is 5.27. The normalized spacial score (nSPS) is 34.4. The maximum absolute atomic E-state index is 10.7. The first-order valence-corrected chi connectivity index (χ1v) is 2.84. The average molecular weight is 113 g/mol. The monoisotopic (exact) mass is 113 g/mol.